The first-order valence-electron chi connectivity index (χ1n) is 5.97. The predicted octanol–water partition coefficient (Wildman–Crippen LogP) is 2.90. The first-order valence-corrected chi connectivity index (χ1v) is 5.97. The highest BCUT2D eigenvalue weighted by Gasteiger charge is 2.11. The molecule has 2 N–H and O–H groups in total. The quantitative estimate of drug-likeness (QED) is 0.879. The van der Waals surface area contributed by atoms with Gasteiger partial charge in [-0.15, -0.1) is 0 Å². The molecule has 0 radical (unpaired) electrons. The largest absolute Gasteiger partial charge is 0.326 e. The van der Waals surface area contributed by atoms with Gasteiger partial charge in [-0.2, -0.15) is 5.10 Å². The fraction of sp³-hybridized carbons (Fsp3) is 0.357. The fourth-order valence-electron chi connectivity index (χ4n) is 2.00. The summed E-state index contributed by atoms with van der Waals surface area (Å²) in [5.41, 5.74) is 10.4. The highest BCUT2D eigenvalue weighted by Crippen LogP contribution is 2.26. The van der Waals surface area contributed by atoms with E-state index in [0.717, 1.165) is 5.56 Å². The Labute approximate surface area is 102 Å². The molecule has 0 aliphatic heterocycles. The minimum Gasteiger partial charge on any atom is -0.326 e. The maximum absolute atomic E-state index is 5.61. The lowest BCUT2D eigenvalue weighted by Gasteiger charge is -2.12. The summed E-state index contributed by atoms with van der Waals surface area (Å²) in [6, 6.07) is 8.75. The zero-order valence-electron chi connectivity index (χ0n) is 10.6. The summed E-state index contributed by atoms with van der Waals surface area (Å²) in [5.74, 6) is 0. The number of rotatable bonds is 3. The van der Waals surface area contributed by atoms with Crippen LogP contribution < -0.4 is 5.73 Å². The van der Waals surface area contributed by atoms with Crippen LogP contribution >= 0.6 is 0 Å². The monoisotopic (exact) mass is 229 g/mol. The zero-order valence-corrected chi connectivity index (χ0v) is 10.6. The summed E-state index contributed by atoms with van der Waals surface area (Å²) in [7, 11) is 0. The highest BCUT2D eigenvalue weighted by atomic mass is 15.3. The van der Waals surface area contributed by atoms with Crippen LogP contribution in [0.3, 0.4) is 0 Å². The minimum absolute atomic E-state index is 0.368. The van der Waals surface area contributed by atoms with Crippen LogP contribution in [0.4, 0.5) is 0 Å². The molecule has 0 saturated heterocycles. The summed E-state index contributed by atoms with van der Waals surface area (Å²) in [6.45, 7) is 6.97. The van der Waals surface area contributed by atoms with Gasteiger partial charge in [0.1, 0.15) is 0 Å². The van der Waals surface area contributed by atoms with Gasteiger partial charge >= 0.3 is 0 Å². The molecule has 3 nitrogen and oxygen atoms in total. The van der Waals surface area contributed by atoms with Crippen molar-refractivity contribution < 1.29 is 0 Å². The molecule has 0 unspecified atom stereocenters. The molecule has 0 bridgehead atoms. The number of hydrogen-bond acceptors (Lipinski definition) is 2. The summed E-state index contributed by atoms with van der Waals surface area (Å²) >= 11 is 0. The van der Waals surface area contributed by atoms with E-state index in [1.54, 1.807) is 0 Å². The minimum atomic E-state index is 0.368. The highest BCUT2D eigenvalue weighted by molar-refractivity contribution is 5.63. The van der Waals surface area contributed by atoms with Gasteiger partial charge in [-0.05, 0) is 31.9 Å². The number of aryl methyl sites for hydroxylation is 1. The molecular weight excluding hydrogens is 210 g/mol. The average Bonchev–Trinajstić information content (AvgIpc) is 2.71. The number of nitrogens with zero attached hydrogens (tertiary/aromatic N) is 2. The third-order valence-electron chi connectivity index (χ3n) is 2.93. The Bertz CT molecular complexity index is 495. The van der Waals surface area contributed by atoms with Crippen molar-refractivity contribution >= 4 is 0 Å². The van der Waals surface area contributed by atoms with Crippen LogP contribution in [0, 0.1) is 6.92 Å². The lowest BCUT2D eigenvalue weighted by molar-refractivity contribution is 0.538. The number of aromatic nitrogens is 2. The van der Waals surface area contributed by atoms with E-state index < -0.39 is 0 Å². The van der Waals surface area contributed by atoms with Gasteiger partial charge in [0.05, 0.1) is 11.9 Å². The van der Waals surface area contributed by atoms with Crippen LogP contribution in [-0.4, -0.2) is 9.78 Å². The molecule has 90 valence electrons. The van der Waals surface area contributed by atoms with E-state index in [1.165, 1.54) is 16.8 Å². The van der Waals surface area contributed by atoms with Crippen molar-refractivity contribution in [3.8, 4) is 11.3 Å². The van der Waals surface area contributed by atoms with E-state index in [9.17, 15) is 0 Å². The molecular formula is C14H19N3. The Balaban J connectivity index is 2.48. The Hall–Kier alpha value is -1.61. The molecule has 1 aromatic heterocycles. The molecule has 1 heterocycles. The van der Waals surface area contributed by atoms with Crippen LogP contribution in [0.15, 0.2) is 30.5 Å². The zero-order chi connectivity index (χ0) is 12.4. The van der Waals surface area contributed by atoms with Gasteiger partial charge in [-0.3, -0.25) is 4.68 Å². The summed E-state index contributed by atoms with van der Waals surface area (Å²) in [6.07, 6.45) is 1.92. The van der Waals surface area contributed by atoms with Crippen LogP contribution in [0.2, 0.25) is 0 Å². The molecule has 0 aliphatic rings. The van der Waals surface area contributed by atoms with Crippen molar-refractivity contribution in [2.75, 3.05) is 0 Å². The number of nitrogens with two attached hydrogens (primary N) is 1. The molecule has 2 aromatic rings. The Morgan fingerprint density at radius 2 is 1.88 bits per heavy atom. The van der Waals surface area contributed by atoms with Crippen LogP contribution in [0.25, 0.3) is 11.3 Å². The van der Waals surface area contributed by atoms with Crippen LogP contribution in [-0.2, 0) is 6.54 Å². The molecule has 0 spiro atoms. The smallest absolute Gasteiger partial charge is 0.0714 e. The van der Waals surface area contributed by atoms with E-state index >= 15 is 0 Å². The number of benzene rings is 1. The Morgan fingerprint density at radius 1 is 1.24 bits per heavy atom. The SMILES string of the molecule is Cc1cnn(C(C)C)c1-c1ccc(CN)cc1. The first kappa shape index (κ1) is 11.9. The van der Waals surface area contributed by atoms with E-state index in [-0.39, 0.29) is 0 Å². The van der Waals surface area contributed by atoms with Gasteiger partial charge in [0, 0.05) is 18.2 Å². The van der Waals surface area contributed by atoms with E-state index in [2.05, 4.69) is 54.8 Å². The molecule has 0 fully saturated rings. The predicted molar refractivity (Wildman–Crippen MR) is 70.7 cm³/mol. The molecule has 3 heteroatoms. The Morgan fingerprint density at radius 3 is 2.41 bits per heavy atom. The van der Waals surface area contributed by atoms with Crippen LogP contribution in [0.1, 0.15) is 31.0 Å². The first-order chi connectivity index (χ1) is 8.13. The second kappa shape index (κ2) is 4.72. The third kappa shape index (κ3) is 2.24. The van der Waals surface area contributed by atoms with E-state index in [1.807, 2.05) is 6.20 Å². The van der Waals surface area contributed by atoms with Crippen molar-refractivity contribution in [3.05, 3.63) is 41.6 Å². The molecule has 0 saturated carbocycles. The van der Waals surface area contributed by atoms with E-state index in [4.69, 9.17) is 5.73 Å². The van der Waals surface area contributed by atoms with Crippen molar-refractivity contribution in [3.63, 3.8) is 0 Å². The molecule has 2 rings (SSSR count). The Kier molecular flexibility index (Phi) is 3.29. The lowest BCUT2D eigenvalue weighted by Crippen LogP contribution is -2.05. The van der Waals surface area contributed by atoms with Crippen LogP contribution in [0.5, 0.6) is 0 Å². The summed E-state index contributed by atoms with van der Waals surface area (Å²) < 4.78 is 2.06. The van der Waals surface area contributed by atoms with Gasteiger partial charge in [0.15, 0.2) is 0 Å². The third-order valence-corrected chi connectivity index (χ3v) is 2.93. The van der Waals surface area contributed by atoms with Gasteiger partial charge in [-0.25, -0.2) is 0 Å². The summed E-state index contributed by atoms with van der Waals surface area (Å²) in [5, 5.41) is 4.43. The molecule has 0 atom stereocenters. The topological polar surface area (TPSA) is 43.8 Å². The standard InChI is InChI=1S/C14H19N3/c1-10(2)17-14(11(3)9-16-17)13-6-4-12(8-15)5-7-13/h4-7,9-10H,8,15H2,1-3H3. The van der Waals surface area contributed by atoms with Crippen molar-refractivity contribution in [1.29, 1.82) is 0 Å². The molecule has 1 aromatic carbocycles. The maximum Gasteiger partial charge on any atom is 0.0714 e. The molecule has 17 heavy (non-hydrogen) atoms. The van der Waals surface area contributed by atoms with Crippen molar-refractivity contribution in [2.45, 2.75) is 33.4 Å². The maximum atomic E-state index is 5.61. The summed E-state index contributed by atoms with van der Waals surface area (Å²) in [4.78, 5) is 0. The van der Waals surface area contributed by atoms with Crippen molar-refractivity contribution in [2.24, 2.45) is 5.73 Å². The normalized spacial score (nSPS) is 11.1. The fourth-order valence-corrected chi connectivity index (χ4v) is 2.00. The van der Waals surface area contributed by atoms with Gasteiger partial charge in [0.2, 0.25) is 0 Å². The van der Waals surface area contributed by atoms with E-state index in [0.29, 0.717) is 12.6 Å². The van der Waals surface area contributed by atoms with Gasteiger partial charge in [0.25, 0.3) is 0 Å². The average molecular weight is 229 g/mol. The molecule has 0 amide bonds. The second-order valence-electron chi connectivity index (χ2n) is 4.62. The van der Waals surface area contributed by atoms with Crippen molar-refractivity contribution in [1.82, 2.24) is 9.78 Å². The molecule has 0 aliphatic carbocycles. The lowest BCUT2D eigenvalue weighted by atomic mass is 10.1. The van der Waals surface area contributed by atoms with Gasteiger partial charge in [-0.1, -0.05) is 24.3 Å². The van der Waals surface area contributed by atoms with Gasteiger partial charge < -0.3 is 5.73 Å². The second-order valence-corrected chi connectivity index (χ2v) is 4.62. The number of hydrogen-bond donors (Lipinski definition) is 1.